The second-order valence-corrected chi connectivity index (χ2v) is 13.4. The van der Waals surface area contributed by atoms with Gasteiger partial charge in [0.05, 0.1) is 12.3 Å². The Hall–Kier alpha value is -2.38. The number of hydrogen-bond donors (Lipinski definition) is 1. The number of unbranched alkanes of at least 4 members (excludes halogenated alkanes) is 5. The molecule has 38 heavy (non-hydrogen) atoms. The number of rotatable bonds is 15. The van der Waals surface area contributed by atoms with Crippen molar-refractivity contribution in [1.29, 1.82) is 0 Å². The van der Waals surface area contributed by atoms with Gasteiger partial charge in [-0.05, 0) is 41.4 Å². The largest absolute Gasteiger partial charge is 0.490 e. The van der Waals surface area contributed by atoms with Crippen LogP contribution in [0.1, 0.15) is 92.1 Å². The first-order valence-electron chi connectivity index (χ1n) is 13.7. The summed E-state index contributed by atoms with van der Waals surface area (Å²) in [6.45, 7) is 14.1. The van der Waals surface area contributed by atoms with Gasteiger partial charge in [-0.2, -0.15) is 4.21 Å². The maximum atomic E-state index is 13.0. The summed E-state index contributed by atoms with van der Waals surface area (Å²) in [5, 5.41) is 2.49. The SMILES string of the molecule is CCCCCCCCOc1ccc(C(C)(C)CC(C)(C)C)cc1OS(=O)Nc1nc(-c2ccccc2)cs1. The zero-order valence-corrected chi connectivity index (χ0v) is 25.5. The van der Waals surface area contributed by atoms with Crippen molar-refractivity contribution in [2.45, 2.75) is 91.9 Å². The van der Waals surface area contributed by atoms with Crippen LogP contribution in [0, 0.1) is 5.41 Å². The van der Waals surface area contributed by atoms with E-state index in [-0.39, 0.29) is 10.8 Å². The topological polar surface area (TPSA) is 60.5 Å². The Kier molecular flexibility index (Phi) is 11.2. The van der Waals surface area contributed by atoms with Crippen LogP contribution < -0.4 is 13.6 Å². The lowest BCUT2D eigenvalue weighted by Crippen LogP contribution is -2.25. The smallest absolute Gasteiger partial charge is 0.318 e. The molecule has 0 saturated heterocycles. The molecular weight excluding hydrogens is 512 g/mol. The number of benzene rings is 2. The Bertz CT molecular complexity index is 1150. The molecule has 0 radical (unpaired) electrons. The zero-order chi connectivity index (χ0) is 27.6. The maximum Gasteiger partial charge on any atom is 0.318 e. The molecule has 0 bridgehead atoms. The molecule has 1 atom stereocenters. The number of hydrogen-bond acceptors (Lipinski definition) is 5. The second-order valence-electron chi connectivity index (χ2n) is 11.7. The fourth-order valence-corrected chi connectivity index (χ4v) is 6.32. The van der Waals surface area contributed by atoms with Gasteiger partial charge in [0.25, 0.3) is 0 Å². The molecule has 1 N–H and O–H groups in total. The van der Waals surface area contributed by atoms with Crippen LogP contribution in [0.25, 0.3) is 11.3 Å². The first kappa shape index (κ1) is 30.2. The molecule has 0 aliphatic rings. The van der Waals surface area contributed by atoms with Crippen molar-refractivity contribution in [1.82, 2.24) is 4.98 Å². The average Bonchev–Trinajstić information content (AvgIpc) is 3.31. The number of aromatic nitrogens is 1. The van der Waals surface area contributed by atoms with Gasteiger partial charge in [0, 0.05) is 10.9 Å². The van der Waals surface area contributed by atoms with Gasteiger partial charge in [-0.25, -0.2) is 9.71 Å². The zero-order valence-electron chi connectivity index (χ0n) is 23.8. The molecule has 0 fully saturated rings. The van der Waals surface area contributed by atoms with Crippen molar-refractivity contribution in [2.24, 2.45) is 5.41 Å². The molecule has 5 nitrogen and oxygen atoms in total. The highest BCUT2D eigenvalue weighted by Gasteiger charge is 2.28. The van der Waals surface area contributed by atoms with Crippen molar-refractivity contribution < 1.29 is 13.1 Å². The van der Waals surface area contributed by atoms with E-state index in [0.29, 0.717) is 23.2 Å². The van der Waals surface area contributed by atoms with Gasteiger partial charge in [0.2, 0.25) is 0 Å². The number of nitrogens with zero attached hydrogens (tertiary/aromatic N) is 1. The Morgan fingerprint density at radius 2 is 1.63 bits per heavy atom. The predicted molar refractivity (Wildman–Crippen MR) is 162 cm³/mol. The lowest BCUT2D eigenvalue weighted by molar-refractivity contribution is 0.281. The molecule has 208 valence electrons. The van der Waals surface area contributed by atoms with Crippen molar-refractivity contribution in [3.8, 4) is 22.8 Å². The number of anilines is 1. The van der Waals surface area contributed by atoms with E-state index in [4.69, 9.17) is 8.92 Å². The van der Waals surface area contributed by atoms with Crippen LogP contribution in [0.4, 0.5) is 5.13 Å². The van der Waals surface area contributed by atoms with E-state index in [0.717, 1.165) is 36.1 Å². The highest BCUT2D eigenvalue weighted by Crippen LogP contribution is 2.40. The summed E-state index contributed by atoms with van der Waals surface area (Å²) < 4.78 is 28.0. The molecule has 0 amide bonds. The molecule has 2 aromatic carbocycles. The molecule has 7 heteroatoms. The molecular formula is C31H44N2O3S2. The summed E-state index contributed by atoms with van der Waals surface area (Å²) in [6, 6.07) is 16.0. The van der Waals surface area contributed by atoms with E-state index >= 15 is 0 Å². The van der Waals surface area contributed by atoms with E-state index in [1.54, 1.807) is 0 Å². The molecule has 0 saturated carbocycles. The monoisotopic (exact) mass is 556 g/mol. The highest BCUT2D eigenvalue weighted by atomic mass is 32.2. The Balaban J connectivity index is 1.72. The number of thiazole rings is 1. The van der Waals surface area contributed by atoms with E-state index < -0.39 is 11.3 Å². The van der Waals surface area contributed by atoms with E-state index in [9.17, 15) is 4.21 Å². The Labute approximate surface area is 236 Å². The van der Waals surface area contributed by atoms with Crippen LogP contribution in [0.2, 0.25) is 0 Å². The Morgan fingerprint density at radius 1 is 0.921 bits per heavy atom. The van der Waals surface area contributed by atoms with Gasteiger partial charge in [-0.1, -0.05) is 110 Å². The normalized spacial score (nSPS) is 12.8. The lowest BCUT2D eigenvalue weighted by atomic mass is 9.72. The van der Waals surface area contributed by atoms with Crippen molar-refractivity contribution in [2.75, 3.05) is 11.3 Å². The minimum atomic E-state index is -1.82. The second kappa shape index (κ2) is 14.1. The van der Waals surface area contributed by atoms with E-state index in [1.165, 1.54) is 37.0 Å². The third kappa shape index (κ3) is 9.73. The third-order valence-electron chi connectivity index (χ3n) is 6.36. The average molecular weight is 557 g/mol. The molecule has 0 aliphatic heterocycles. The van der Waals surface area contributed by atoms with Crippen LogP contribution in [-0.2, 0) is 16.7 Å². The minimum Gasteiger partial charge on any atom is -0.490 e. The minimum absolute atomic E-state index is 0.0804. The fourth-order valence-electron chi connectivity index (χ4n) is 4.84. The number of ether oxygens (including phenoxy) is 1. The van der Waals surface area contributed by atoms with Crippen LogP contribution in [0.15, 0.2) is 53.9 Å². The molecule has 1 heterocycles. The van der Waals surface area contributed by atoms with Gasteiger partial charge in [0.15, 0.2) is 16.6 Å². The Morgan fingerprint density at radius 3 is 2.34 bits per heavy atom. The van der Waals surface area contributed by atoms with Crippen LogP contribution in [-0.4, -0.2) is 15.8 Å². The summed E-state index contributed by atoms with van der Waals surface area (Å²) in [5.41, 5.74) is 3.07. The van der Waals surface area contributed by atoms with Crippen LogP contribution in [0.5, 0.6) is 11.5 Å². The summed E-state index contributed by atoms with van der Waals surface area (Å²) in [6.07, 6.45) is 8.17. The number of nitrogens with one attached hydrogen (secondary N) is 1. The molecule has 1 aromatic heterocycles. The third-order valence-corrected chi connectivity index (χ3v) is 7.94. The predicted octanol–water partition coefficient (Wildman–Crippen LogP) is 9.33. The molecule has 0 spiro atoms. The molecule has 3 aromatic rings. The van der Waals surface area contributed by atoms with Crippen molar-refractivity contribution >= 4 is 27.7 Å². The lowest BCUT2D eigenvalue weighted by Gasteiger charge is -2.33. The van der Waals surface area contributed by atoms with Crippen molar-refractivity contribution in [3.05, 3.63) is 59.5 Å². The summed E-state index contributed by atoms with van der Waals surface area (Å²) in [5.74, 6) is 1.11. The molecule has 3 rings (SSSR count). The van der Waals surface area contributed by atoms with Gasteiger partial charge >= 0.3 is 11.3 Å². The van der Waals surface area contributed by atoms with Gasteiger partial charge in [0.1, 0.15) is 0 Å². The van der Waals surface area contributed by atoms with Crippen LogP contribution >= 0.6 is 11.3 Å². The highest BCUT2D eigenvalue weighted by molar-refractivity contribution is 7.82. The van der Waals surface area contributed by atoms with Gasteiger partial charge in [-0.15, -0.1) is 11.3 Å². The summed E-state index contributed by atoms with van der Waals surface area (Å²) in [4.78, 5) is 4.58. The standard InChI is InChI=1S/C31H44N2O3S2/c1-7-8-9-10-11-15-20-35-27-19-18-25(31(5,6)23-30(2,3)4)21-28(27)36-38(34)33-29-32-26(22-37-29)24-16-13-12-14-17-24/h12-14,16-19,21-22H,7-11,15,20,23H2,1-6H3,(H,32,33). The van der Waals surface area contributed by atoms with E-state index in [1.807, 2.05) is 47.8 Å². The van der Waals surface area contributed by atoms with Crippen molar-refractivity contribution in [3.63, 3.8) is 0 Å². The van der Waals surface area contributed by atoms with E-state index in [2.05, 4.69) is 57.3 Å². The summed E-state index contributed by atoms with van der Waals surface area (Å²) >= 11 is -0.425. The first-order chi connectivity index (χ1) is 18.1. The van der Waals surface area contributed by atoms with Gasteiger partial charge < -0.3 is 8.92 Å². The molecule has 0 aliphatic carbocycles. The molecule has 1 unspecified atom stereocenters. The fraction of sp³-hybridized carbons (Fsp3) is 0.516. The first-order valence-corrected chi connectivity index (χ1v) is 15.7. The van der Waals surface area contributed by atoms with Crippen LogP contribution in [0.3, 0.4) is 0 Å². The van der Waals surface area contributed by atoms with Gasteiger partial charge in [-0.3, -0.25) is 0 Å². The quantitative estimate of drug-likeness (QED) is 0.189. The summed E-state index contributed by atoms with van der Waals surface area (Å²) in [7, 11) is 0. The maximum absolute atomic E-state index is 13.0.